The van der Waals surface area contributed by atoms with Gasteiger partial charge in [-0.15, -0.1) is 0 Å². The van der Waals surface area contributed by atoms with Gasteiger partial charge in [-0.3, -0.25) is 4.79 Å². The molecule has 1 atom stereocenters. The number of rotatable bonds is 5. The van der Waals surface area contributed by atoms with Crippen molar-refractivity contribution in [2.24, 2.45) is 0 Å². The summed E-state index contributed by atoms with van der Waals surface area (Å²) < 4.78 is 62.4. The molecule has 0 saturated heterocycles. The van der Waals surface area contributed by atoms with E-state index < -0.39 is 35.4 Å². The van der Waals surface area contributed by atoms with Crippen LogP contribution in [0.25, 0.3) is 0 Å². The third-order valence-corrected chi connectivity index (χ3v) is 3.65. The van der Waals surface area contributed by atoms with Crippen LogP contribution in [0.2, 0.25) is 0 Å². The van der Waals surface area contributed by atoms with E-state index in [0.29, 0.717) is 0 Å². The van der Waals surface area contributed by atoms with Crippen molar-refractivity contribution in [1.29, 1.82) is 0 Å². The lowest BCUT2D eigenvalue weighted by atomic mass is 9.97. The SMILES string of the molecule is COC(c1ccc(C(F)(F)F)cc1)c1c(O)cc(COC(C)=O)cc1F. The van der Waals surface area contributed by atoms with Crippen LogP contribution in [0.1, 0.15) is 35.3 Å². The van der Waals surface area contributed by atoms with Gasteiger partial charge in [0.25, 0.3) is 0 Å². The van der Waals surface area contributed by atoms with Crippen molar-refractivity contribution in [2.45, 2.75) is 25.8 Å². The molecule has 26 heavy (non-hydrogen) atoms. The number of hydrogen-bond acceptors (Lipinski definition) is 4. The van der Waals surface area contributed by atoms with Gasteiger partial charge in [-0.1, -0.05) is 12.1 Å². The van der Waals surface area contributed by atoms with Gasteiger partial charge in [-0.2, -0.15) is 13.2 Å². The molecule has 0 saturated carbocycles. The number of alkyl halides is 3. The Kier molecular flexibility index (Phi) is 5.86. The number of esters is 1. The normalized spacial score (nSPS) is 12.7. The van der Waals surface area contributed by atoms with Crippen molar-refractivity contribution in [3.8, 4) is 5.75 Å². The van der Waals surface area contributed by atoms with Crippen molar-refractivity contribution in [3.63, 3.8) is 0 Å². The van der Waals surface area contributed by atoms with Gasteiger partial charge < -0.3 is 14.6 Å². The Balaban J connectivity index is 2.36. The predicted octanol–water partition coefficient (Wildman–Crippen LogP) is 4.35. The maximum absolute atomic E-state index is 14.5. The minimum absolute atomic E-state index is 0.223. The Morgan fingerprint density at radius 1 is 1.19 bits per heavy atom. The second-order valence-corrected chi connectivity index (χ2v) is 5.53. The molecular formula is C18H16F4O4. The molecule has 0 aliphatic heterocycles. The van der Waals surface area contributed by atoms with E-state index in [9.17, 15) is 27.5 Å². The number of aromatic hydroxyl groups is 1. The first-order valence-corrected chi connectivity index (χ1v) is 7.48. The third kappa shape index (κ3) is 4.51. The Bertz CT molecular complexity index is 762. The highest BCUT2D eigenvalue weighted by atomic mass is 19.4. The van der Waals surface area contributed by atoms with E-state index in [2.05, 4.69) is 0 Å². The van der Waals surface area contributed by atoms with E-state index in [-0.39, 0.29) is 23.3 Å². The summed E-state index contributed by atoms with van der Waals surface area (Å²) in [7, 11) is 1.24. The molecule has 0 spiro atoms. The number of phenols is 1. The Morgan fingerprint density at radius 3 is 2.27 bits per heavy atom. The minimum Gasteiger partial charge on any atom is -0.507 e. The van der Waals surface area contributed by atoms with E-state index in [0.717, 1.165) is 30.3 Å². The van der Waals surface area contributed by atoms with Gasteiger partial charge in [0.15, 0.2) is 0 Å². The molecule has 1 N–H and O–H groups in total. The average Bonchev–Trinajstić information content (AvgIpc) is 2.55. The van der Waals surface area contributed by atoms with Crippen molar-refractivity contribution in [1.82, 2.24) is 0 Å². The van der Waals surface area contributed by atoms with Crippen LogP contribution < -0.4 is 0 Å². The van der Waals surface area contributed by atoms with E-state index >= 15 is 0 Å². The summed E-state index contributed by atoms with van der Waals surface area (Å²) in [6.07, 6.45) is -5.60. The fourth-order valence-corrected chi connectivity index (χ4v) is 2.45. The number of carbonyl (C=O) groups is 1. The zero-order valence-electron chi connectivity index (χ0n) is 13.9. The molecule has 0 radical (unpaired) electrons. The molecular weight excluding hydrogens is 356 g/mol. The molecule has 4 nitrogen and oxygen atoms in total. The summed E-state index contributed by atoms with van der Waals surface area (Å²) in [6, 6.07) is 6.29. The highest BCUT2D eigenvalue weighted by molar-refractivity contribution is 5.66. The number of benzene rings is 2. The second-order valence-electron chi connectivity index (χ2n) is 5.53. The number of methoxy groups -OCH3 is 1. The van der Waals surface area contributed by atoms with Crippen LogP contribution in [-0.2, 0) is 27.1 Å². The van der Waals surface area contributed by atoms with E-state index in [1.165, 1.54) is 20.1 Å². The highest BCUT2D eigenvalue weighted by Gasteiger charge is 2.31. The zero-order chi connectivity index (χ0) is 19.5. The van der Waals surface area contributed by atoms with Crippen LogP contribution in [0.4, 0.5) is 17.6 Å². The highest BCUT2D eigenvalue weighted by Crippen LogP contribution is 2.36. The van der Waals surface area contributed by atoms with Gasteiger partial charge in [-0.05, 0) is 35.4 Å². The fourth-order valence-electron chi connectivity index (χ4n) is 2.45. The molecule has 0 heterocycles. The summed E-state index contributed by atoms with van der Waals surface area (Å²) in [5.74, 6) is -1.86. The molecule has 2 rings (SSSR count). The molecule has 0 aliphatic carbocycles. The lowest BCUT2D eigenvalue weighted by molar-refractivity contribution is -0.142. The number of carbonyl (C=O) groups excluding carboxylic acids is 1. The smallest absolute Gasteiger partial charge is 0.416 e. The average molecular weight is 372 g/mol. The van der Waals surface area contributed by atoms with Crippen LogP contribution in [-0.4, -0.2) is 18.2 Å². The van der Waals surface area contributed by atoms with Gasteiger partial charge in [0.05, 0.1) is 11.1 Å². The lowest BCUT2D eigenvalue weighted by Gasteiger charge is -2.19. The molecule has 0 fully saturated rings. The fraction of sp³-hybridized carbons (Fsp3) is 0.278. The van der Waals surface area contributed by atoms with E-state index in [1.54, 1.807) is 0 Å². The van der Waals surface area contributed by atoms with Gasteiger partial charge in [0, 0.05) is 14.0 Å². The summed E-state index contributed by atoms with van der Waals surface area (Å²) in [6.45, 7) is 0.966. The number of halogens is 4. The molecule has 0 amide bonds. The molecule has 0 aliphatic rings. The van der Waals surface area contributed by atoms with Gasteiger partial charge in [0.1, 0.15) is 24.3 Å². The maximum atomic E-state index is 14.5. The quantitative estimate of drug-likeness (QED) is 0.626. The monoisotopic (exact) mass is 372 g/mol. The molecule has 0 bridgehead atoms. The molecule has 2 aromatic carbocycles. The Hall–Kier alpha value is -2.61. The van der Waals surface area contributed by atoms with Gasteiger partial charge >= 0.3 is 12.1 Å². The predicted molar refractivity (Wildman–Crippen MR) is 83.8 cm³/mol. The third-order valence-electron chi connectivity index (χ3n) is 3.65. The summed E-state index contributed by atoms with van der Waals surface area (Å²) >= 11 is 0. The lowest BCUT2D eigenvalue weighted by Crippen LogP contribution is -2.09. The Morgan fingerprint density at radius 2 is 1.81 bits per heavy atom. The molecule has 140 valence electrons. The molecule has 8 heteroatoms. The number of hydrogen-bond donors (Lipinski definition) is 1. The van der Waals surface area contributed by atoms with E-state index in [1.807, 2.05) is 0 Å². The van der Waals surface area contributed by atoms with Crippen LogP contribution in [0.3, 0.4) is 0 Å². The largest absolute Gasteiger partial charge is 0.507 e. The van der Waals surface area contributed by atoms with Crippen molar-refractivity contribution < 1.29 is 36.9 Å². The first kappa shape index (κ1) is 19.7. The van der Waals surface area contributed by atoms with Crippen LogP contribution >= 0.6 is 0 Å². The van der Waals surface area contributed by atoms with Crippen LogP contribution in [0.15, 0.2) is 36.4 Å². The second kappa shape index (κ2) is 7.74. The van der Waals surface area contributed by atoms with Gasteiger partial charge in [-0.25, -0.2) is 4.39 Å². The maximum Gasteiger partial charge on any atom is 0.416 e. The van der Waals surface area contributed by atoms with Crippen LogP contribution in [0.5, 0.6) is 5.75 Å². The number of ether oxygens (including phenoxy) is 2. The summed E-state index contributed by atoms with van der Waals surface area (Å²) in [5.41, 5.74) is -0.611. The van der Waals surface area contributed by atoms with Crippen LogP contribution in [0, 0.1) is 5.82 Å². The van der Waals surface area contributed by atoms with E-state index in [4.69, 9.17) is 9.47 Å². The summed E-state index contributed by atoms with van der Waals surface area (Å²) in [4.78, 5) is 10.8. The van der Waals surface area contributed by atoms with Crippen molar-refractivity contribution in [2.75, 3.05) is 7.11 Å². The topological polar surface area (TPSA) is 55.8 Å². The molecule has 0 aromatic heterocycles. The Labute approximate surface area is 147 Å². The first-order chi connectivity index (χ1) is 12.1. The number of phenolic OH excluding ortho intramolecular Hbond substituents is 1. The zero-order valence-corrected chi connectivity index (χ0v) is 13.9. The molecule has 1 unspecified atom stereocenters. The first-order valence-electron chi connectivity index (χ1n) is 7.48. The van der Waals surface area contributed by atoms with Crippen molar-refractivity contribution in [3.05, 3.63) is 64.5 Å². The minimum atomic E-state index is -4.49. The van der Waals surface area contributed by atoms with Gasteiger partial charge in [0.2, 0.25) is 0 Å². The standard InChI is InChI=1S/C18H16F4O4/c1-10(23)26-9-11-7-14(19)16(15(24)8-11)17(25-2)12-3-5-13(6-4-12)18(20,21)22/h3-8,17,24H,9H2,1-2H3. The summed E-state index contributed by atoms with van der Waals surface area (Å²) in [5, 5.41) is 10.1. The molecule has 2 aromatic rings. The van der Waals surface area contributed by atoms with Crippen molar-refractivity contribution >= 4 is 5.97 Å².